The van der Waals surface area contributed by atoms with Crippen molar-refractivity contribution >= 4 is 55.3 Å². The van der Waals surface area contributed by atoms with Crippen LogP contribution in [0.4, 0.5) is 5.69 Å². The van der Waals surface area contributed by atoms with Crippen molar-refractivity contribution < 1.29 is 19.1 Å². The Kier molecular flexibility index (Phi) is 7.23. The molecule has 142 valence electrons. The van der Waals surface area contributed by atoms with Gasteiger partial charge in [0.2, 0.25) is 5.91 Å². The molecule has 0 heterocycles. The Labute approximate surface area is 169 Å². The summed E-state index contributed by atoms with van der Waals surface area (Å²) in [5.41, 5.74) is 0.587. The summed E-state index contributed by atoms with van der Waals surface area (Å²) in [6, 6.07) is 3.75. The van der Waals surface area contributed by atoms with E-state index in [4.69, 9.17) is 4.74 Å². The average molecular weight is 490 g/mol. The molecular weight excluding hydrogens is 468 g/mol. The monoisotopic (exact) mass is 488 g/mol. The predicted molar refractivity (Wildman–Crippen MR) is 106 cm³/mol. The van der Waals surface area contributed by atoms with E-state index in [2.05, 4.69) is 42.5 Å². The molecule has 1 fully saturated rings. The van der Waals surface area contributed by atoms with E-state index in [-0.39, 0.29) is 5.91 Å². The van der Waals surface area contributed by atoms with Crippen LogP contribution in [-0.4, -0.2) is 29.9 Å². The molecule has 0 aromatic heterocycles. The fraction of sp³-hybridized carbons (Fsp3) is 0.500. The highest BCUT2D eigenvalue weighted by Gasteiger charge is 2.42. The topological polar surface area (TPSA) is 84.5 Å². The number of hydrogen-bond acceptors (Lipinski definition) is 4. The highest BCUT2D eigenvalue weighted by molar-refractivity contribution is 9.11. The number of nitrogens with one attached hydrogen (secondary N) is 2. The molecule has 26 heavy (non-hydrogen) atoms. The highest BCUT2D eigenvalue weighted by atomic mass is 79.9. The lowest BCUT2D eigenvalue weighted by molar-refractivity contribution is -0.157. The molecule has 2 amide bonds. The molecule has 1 aliphatic carbocycles. The molecule has 0 radical (unpaired) electrons. The van der Waals surface area contributed by atoms with Crippen LogP contribution < -0.4 is 10.6 Å². The van der Waals surface area contributed by atoms with Gasteiger partial charge in [-0.25, -0.2) is 4.79 Å². The zero-order valence-corrected chi connectivity index (χ0v) is 18.0. The third kappa shape index (κ3) is 5.30. The Morgan fingerprint density at radius 3 is 2.23 bits per heavy atom. The molecule has 0 bridgehead atoms. The molecule has 8 heteroatoms. The van der Waals surface area contributed by atoms with E-state index >= 15 is 0 Å². The van der Waals surface area contributed by atoms with Crippen molar-refractivity contribution in [3.05, 3.63) is 26.6 Å². The summed E-state index contributed by atoms with van der Waals surface area (Å²) in [7, 11) is 0. The quantitative estimate of drug-likeness (QED) is 0.615. The first-order valence-electron chi connectivity index (χ1n) is 8.45. The van der Waals surface area contributed by atoms with Gasteiger partial charge in [0.15, 0.2) is 6.61 Å². The van der Waals surface area contributed by atoms with Gasteiger partial charge >= 0.3 is 5.97 Å². The maximum Gasteiger partial charge on any atom is 0.332 e. The number of halogens is 2. The van der Waals surface area contributed by atoms with Crippen molar-refractivity contribution in [2.24, 2.45) is 0 Å². The van der Waals surface area contributed by atoms with Gasteiger partial charge < -0.3 is 15.4 Å². The van der Waals surface area contributed by atoms with Gasteiger partial charge in [0.25, 0.3) is 5.91 Å². The van der Waals surface area contributed by atoms with E-state index in [0.717, 1.165) is 33.8 Å². The molecule has 1 aliphatic rings. The van der Waals surface area contributed by atoms with Gasteiger partial charge in [-0.15, -0.1) is 0 Å². The van der Waals surface area contributed by atoms with Crippen LogP contribution in [0.2, 0.25) is 0 Å². The maximum atomic E-state index is 12.6. The zero-order chi connectivity index (χ0) is 19.3. The second-order valence-electron chi connectivity index (χ2n) is 6.55. The lowest BCUT2D eigenvalue weighted by Gasteiger charge is -2.35. The van der Waals surface area contributed by atoms with Crippen LogP contribution in [0.25, 0.3) is 0 Å². The lowest BCUT2D eigenvalue weighted by atomic mass is 9.81. The number of anilines is 1. The third-order valence-corrected chi connectivity index (χ3v) is 5.55. The van der Waals surface area contributed by atoms with E-state index in [1.54, 1.807) is 0 Å². The molecule has 0 spiro atoms. The van der Waals surface area contributed by atoms with Gasteiger partial charge in [-0.3, -0.25) is 9.59 Å². The Balaban J connectivity index is 1.99. The number of amides is 2. The van der Waals surface area contributed by atoms with Crippen LogP contribution in [-0.2, 0) is 19.1 Å². The minimum absolute atomic E-state index is 0.277. The molecule has 2 rings (SSSR count). The second kappa shape index (κ2) is 8.99. The van der Waals surface area contributed by atoms with E-state index < -0.39 is 24.0 Å². The smallest absolute Gasteiger partial charge is 0.332 e. The van der Waals surface area contributed by atoms with Crippen LogP contribution in [0.1, 0.15) is 44.6 Å². The summed E-state index contributed by atoms with van der Waals surface area (Å²) < 4.78 is 6.68. The Morgan fingerprint density at radius 1 is 1.12 bits per heavy atom. The van der Waals surface area contributed by atoms with E-state index in [1.165, 1.54) is 6.92 Å². The highest BCUT2D eigenvalue weighted by Crippen LogP contribution is 2.32. The molecule has 6 nitrogen and oxygen atoms in total. The van der Waals surface area contributed by atoms with E-state index in [9.17, 15) is 14.4 Å². The van der Waals surface area contributed by atoms with Crippen molar-refractivity contribution in [1.82, 2.24) is 5.32 Å². The van der Waals surface area contributed by atoms with Crippen molar-refractivity contribution in [2.75, 3.05) is 11.9 Å². The molecule has 1 saturated carbocycles. The number of esters is 1. The molecule has 0 saturated heterocycles. The number of aryl methyl sites for hydroxylation is 1. The zero-order valence-electron chi connectivity index (χ0n) is 14.8. The first-order valence-corrected chi connectivity index (χ1v) is 10.0. The van der Waals surface area contributed by atoms with Gasteiger partial charge in [-0.05, 0) is 69.3 Å². The van der Waals surface area contributed by atoms with Gasteiger partial charge in [0.05, 0.1) is 5.69 Å². The summed E-state index contributed by atoms with van der Waals surface area (Å²) in [6.07, 6.45) is 3.75. The second-order valence-corrected chi connectivity index (χ2v) is 8.26. The summed E-state index contributed by atoms with van der Waals surface area (Å²) >= 11 is 6.81. The minimum atomic E-state index is -1.02. The SMILES string of the molecule is CC(=O)NC1(C(=O)OCC(=O)Nc2c(Br)cc(C)cc2Br)CCCCC1. The minimum Gasteiger partial charge on any atom is -0.454 e. The summed E-state index contributed by atoms with van der Waals surface area (Å²) in [5, 5.41) is 5.45. The van der Waals surface area contributed by atoms with Crippen molar-refractivity contribution in [1.29, 1.82) is 0 Å². The molecule has 1 aromatic carbocycles. The summed E-state index contributed by atoms with van der Waals surface area (Å²) in [6.45, 7) is 2.91. The average Bonchev–Trinajstić information content (AvgIpc) is 2.56. The van der Waals surface area contributed by atoms with Crippen molar-refractivity contribution in [3.63, 3.8) is 0 Å². The summed E-state index contributed by atoms with van der Waals surface area (Å²) in [4.78, 5) is 36.2. The van der Waals surface area contributed by atoms with Gasteiger partial charge in [-0.2, -0.15) is 0 Å². The first-order chi connectivity index (χ1) is 12.2. The Morgan fingerprint density at radius 2 is 1.69 bits per heavy atom. The number of carbonyl (C=O) groups is 3. The van der Waals surface area contributed by atoms with Crippen molar-refractivity contribution in [2.45, 2.75) is 51.5 Å². The largest absolute Gasteiger partial charge is 0.454 e. The van der Waals surface area contributed by atoms with Gasteiger partial charge in [-0.1, -0.05) is 19.3 Å². The standard InChI is InChI=1S/C18H22Br2N2O4/c1-11-8-13(19)16(14(20)9-11)21-15(24)10-26-17(25)18(22-12(2)23)6-4-3-5-7-18/h8-9H,3-7,10H2,1-2H3,(H,21,24)(H,22,23). The fourth-order valence-electron chi connectivity index (χ4n) is 3.14. The molecule has 2 N–H and O–H groups in total. The molecule has 0 unspecified atom stereocenters. The van der Waals surface area contributed by atoms with Crippen molar-refractivity contribution in [3.8, 4) is 0 Å². The van der Waals surface area contributed by atoms with E-state index in [1.807, 2.05) is 19.1 Å². The number of ether oxygens (including phenoxy) is 1. The number of rotatable bonds is 5. The summed E-state index contributed by atoms with van der Waals surface area (Å²) in [5.74, 6) is -1.28. The van der Waals surface area contributed by atoms with Gasteiger partial charge in [0, 0.05) is 15.9 Å². The Bertz CT molecular complexity index is 692. The molecular formula is C18H22Br2N2O4. The lowest BCUT2D eigenvalue weighted by Crippen LogP contribution is -2.56. The van der Waals surface area contributed by atoms with Crippen LogP contribution in [0.15, 0.2) is 21.1 Å². The number of carbonyl (C=O) groups excluding carboxylic acids is 3. The van der Waals surface area contributed by atoms with E-state index in [0.29, 0.717) is 18.5 Å². The number of hydrogen-bond donors (Lipinski definition) is 2. The normalized spacial score (nSPS) is 15.8. The maximum absolute atomic E-state index is 12.6. The van der Waals surface area contributed by atoms with Crippen LogP contribution in [0, 0.1) is 6.92 Å². The first kappa shape index (κ1) is 20.9. The fourth-order valence-corrected chi connectivity index (χ4v) is 4.75. The Hall–Kier alpha value is -1.41. The van der Waals surface area contributed by atoms with Crippen LogP contribution in [0.3, 0.4) is 0 Å². The number of benzene rings is 1. The molecule has 0 aliphatic heterocycles. The third-order valence-electron chi connectivity index (χ3n) is 4.30. The van der Waals surface area contributed by atoms with Crippen LogP contribution in [0.5, 0.6) is 0 Å². The van der Waals surface area contributed by atoms with Crippen LogP contribution >= 0.6 is 31.9 Å². The molecule has 1 aromatic rings. The molecule has 0 atom stereocenters. The van der Waals surface area contributed by atoms with Gasteiger partial charge in [0.1, 0.15) is 5.54 Å². The predicted octanol–water partition coefficient (Wildman–Crippen LogP) is 3.84.